The predicted molar refractivity (Wildman–Crippen MR) is 193 cm³/mol. The topological polar surface area (TPSA) is 163 Å². The van der Waals surface area contributed by atoms with Crippen molar-refractivity contribution in [2.45, 2.75) is 194 Å². The second-order valence-electron chi connectivity index (χ2n) is 14.1. The van der Waals surface area contributed by atoms with Gasteiger partial charge in [-0.1, -0.05) is 122 Å². The molecule has 0 spiro atoms. The summed E-state index contributed by atoms with van der Waals surface area (Å²) in [5.41, 5.74) is 0. The number of esters is 4. The smallest absolute Gasteiger partial charge is 0.326 e. The molecule has 0 radical (unpaired) electrons. The van der Waals surface area contributed by atoms with Crippen molar-refractivity contribution in [2.24, 2.45) is 5.92 Å². The zero-order valence-electron chi connectivity index (χ0n) is 32.1. The maximum absolute atomic E-state index is 14.4. The number of carboxylic acid groups (broad SMARTS) is 1. The van der Waals surface area contributed by atoms with Gasteiger partial charge in [-0.15, -0.1) is 0 Å². The van der Waals surface area contributed by atoms with Crippen molar-refractivity contribution >= 4 is 35.8 Å². The van der Waals surface area contributed by atoms with Gasteiger partial charge in [-0.2, -0.15) is 0 Å². The number of hydrogen-bond donors (Lipinski definition) is 1. The van der Waals surface area contributed by atoms with Crippen LogP contribution >= 0.6 is 0 Å². The van der Waals surface area contributed by atoms with Crippen LogP contribution in [-0.2, 0) is 47.7 Å². The lowest BCUT2D eigenvalue weighted by atomic mass is 9.93. The highest BCUT2D eigenvalue weighted by Gasteiger charge is 2.45. The first-order chi connectivity index (χ1) is 24.3. The molecular weight excluding hydrogens is 658 g/mol. The van der Waals surface area contributed by atoms with Gasteiger partial charge < -0.3 is 29.0 Å². The minimum absolute atomic E-state index is 0.186. The number of ether oxygens (including phenoxy) is 4. The van der Waals surface area contributed by atoms with Gasteiger partial charge in [-0.3, -0.25) is 24.0 Å². The fraction of sp³-hybridized carbons (Fsp3) is 0.846. The van der Waals surface area contributed by atoms with E-state index in [1.807, 2.05) is 0 Å². The van der Waals surface area contributed by atoms with Gasteiger partial charge in [0.05, 0.1) is 5.92 Å². The largest absolute Gasteiger partial charge is 0.480 e. The molecule has 0 bridgehead atoms. The van der Waals surface area contributed by atoms with Crippen molar-refractivity contribution in [2.75, 3.05) is 13.2 Å². The molecule has 1 amide bonds. The van der Waals surface area contributed by atoms with Gasteiger partial charge in [0, 0.05) is 34.2 Å². The van der Waals surface area contributed by atoms with Crippen LogP contribution < -0.4 is 0 Å². The first-order valence-corrected chi connectivity index (χ1v) is 19.5. The van der Waals surface area contributed by atoms with Crippen LogP contribution in [0, 0.1) is 5.92 Å². The fourth-order valence-corrected chi connectivity index (χ4v) is 6.84. The van der Waals surface area contributed by atoms with Crippen LogP contribution in [0.1, 0.15) is 169 Å². The summed E-state index contributed by atoms with van der Waals surface area (Å²) in [6.07, 6.45) is 18.0. The Kier molecular flexibility index (Phi) is 24.7. The molecule has 0 aromatic heterocycles. The molecule has 1 aliphatic rings. The molecule has 12 nitrogen and oxygen atoms in total. The highest BCUT2D eigenvalue weighted by molar-refractivity contribution is 5.85. The zero-order valence-corrected chi connectivity index (χ0v) is 32.1. The molecule has 1 unspecified atom stereocenters. The Morgan fingerprint density at radius 2 is 0.922 bits per heavy atom. The van der Waals surface area contributed by atoms with Crippen LogP contribution in [0.5, 0.6) is 0 Å². The Hall–Kier alpha value is -3.18. The molecule has 51 heavy (non-hydrogen) atoms. The molecule has 294 valence electrons. The van der Waals surface area contributed by atoms with E-state index in [2.05, 4.69) is 0 Å². The Morgan fingerprint density at radius 3 is 1.29 bits per heavy atom. The quantitative estimate of drug-likeness (QED) is 0.176. The lowest BCUT2D eigenvalue weighted by Gasteiger charge is -2.37. The molecule has 1 saturated heterocycles. The number of aliphatic carboxylic acids is 1. The third kappa shape index (κ3) is 21.1. The van der Waals surface area contributed by atoms with Gasteiger partial charge in [0.2, 0.25) is 5.91 Å². The number of hydrogen-bond acceptors (Lipinski definition) is 10. The standard InChI is InChI=1S/C39H67NO11/c1-29(36(50-32(4)43)37(51-33(5)44)35(49-31(3)42)28-48-30(2)41)38(45)40-27-25-23-21-19-17-15-13-11-9-7-6-8-10-12-14-16-18-20-22-24-26-34(40)39(46)47/h29,34-37H,6-28H2,1-5H3,(H,46,47)/t29-,34?,35-,36-,37-/m1/s1. The molecule has 1 heterocycles. The lowest BCUT2D eigenvalue weighted by Crippen LogP contribution is -2.55. The number of nitrogens with zero attached hydrogens (tertiary/aromatic N) is 1. The van der Waals surface area contributed by atoms with E-state index in [1.54, 1.807) is 0 Å². The van der Waals surface area contributed by atoms with Crippen LogP contribution in [0.2, 0.25) is 0 Å². The predicted octanol–water partition coefficient (Wildman–Crippen LogP) is 7.47. The van der Waals surface area contributed by atoms with Gasteiger partial charge in [0.15, 0.2) is 18.3 Å². The molecule has 0 saturated carbocycles. The summed E-state index contributed by atoms with van der Waals surface area (Å²) in [5, 5.41) is 10.4. The SMILES string of the molecule is CC(=O)OC[C@@H](OC(C)=O)[C@@H](OC(C)=O)[C@H](OC(C)=O)[C@@H](C)C(=O)N1CCCCCCCCCCCCCCCCCCCCCCC1C(=O)O. The Labute approximate surface area is 306 Å². The van der Waals surface area contributed by atoms with Gasteiger partial charge >= 0.3 is 29.8 Å². The second-order valence-corrected chi connectivity index (χ2v) is 14.1. The molecular formula is C39H67NO11. The average molecular weight is 726 g/mol. The van der Waals surface area contributed by atoms with Crippen molar-refractivity contribution in [3.63, 3.8) is 0 Å². The van der Waals surface area contributed by atoms with E-state index in [9.17, 15) is 33.9 Å². The fourth-order valence-electron chi connectivity index (χ4n) is 6.84. The van der Waals surface area contributed by atoms with Gasteiger partial charge in [-0.25, -0.2) is 4.79 Å². The Balaban J connectivity index is 3.31. The van der Waals surface area contributed by atoms with Crippen molar-refractivity contribution in [3.8, 4) is 0 Å². The first kappa shape index (κ1) is 45.8. The summed E-state index contributed by atoms with van der Waals surface area (Å²) in [6, 6.07) is -1.11. The monoisotopic (exact) mass is 725 g/mol. The van der Waals surface area contributed by atoms with E-state index >= 15 is 0 Å². The highest BCUT2D eigenvalue weighted by Crippen LogP contribution is 2.26. The number of rotatable bonds is 10. The van der Waals surface area contributed by atoms with Crippen LogP contribution in [0.4, 0.5) is 0 Å². The van der Waals surface area contributed by atoms with Crippen LogP contribution in [0.3, 0.4) is 0 Å². The Morgan fingerprint density at radius 1 is 0.549 bits per heavy atom. The third-order valence-corrected chi connectivity index (χ3v) is 9.52. The molecule has 12 heteroatoms. The molecule has 1 N–H and O–H groups in total. The molecule has 1 fully saturated rings. The zero-order chi connectivity index (χ0) is 38.0. The Bertz CT molecular complexity index is 1050. The van der Waals surface area contributed by atoms with Crippen molar-refractivity contribution in [3.05, 3.63) is 0 Å². The molecule has 0 aromatic rings. The van der Waals surface area contributed by atoms with E-state index in [0.29, 0.717) is 12.8 Å². The lowest BCUT2D eigenvalue weighted by molar-refractivity contribution is -0.195. The summed E-state index contributed by atoms with van der Waals surface area (Å²) in [7, 11) is 0. The van der Waals surface area contributed by atoms with E-state index in [0.717, 1.165) is 79.1 Å². The van der Waals surface area contributed by atoms with Crippen LogP contribution in [-0.4, -0.2) is 83.3 Å². The van der Waals surface area contributed by atoms with E-state index in [1.165, 1.54) is 76.0 Å². The van der Waals surface area contributed by atoms with Gasteiger partial charge in [-0.05, 0) is 19.8 Å². The summed E-state index contributed by atoms with van der Waals surface area (Å²) in [6.45, 7) is 5.60. The molecule has 0 aromatic carbocycles. The second kappa shape index (κ2) is 27.5. The minimum atomic E-state index is -1.53. The molecule has 1 aliphatic heterocycles. The van der Waals surface area contributed by atoms with E-state index in [4.69, 9.17) is 18.9 Å². The third-order valence-electron chi connectivity index (χ3n) is 9.52. The maximum atomic E-state index is 14.4. The number of carboxylic acids is 1. The van der Waals surface area contributed by atoms with Crippen LogP contribution in [0.15, 0.2) is 0 Å². The average Bonchev–Trinajstić information content (AvgIpc) is 3.05. The molecule has 0 aliphatic carbocycles. The molecule has 1 rings (SSSR count). The summed E-state index contributed by atoms with van der Waals surface area (Å²) < 4.78 is 21.5. The summed E-state index contributed by atoms with van der Waals surface area (Å²) in [4.78, 5) is 76.8. The minimum Gasteiger partial charge on any atom is -0.480 e. The van der Waals surface area contributed by atoms with Gasteiger partial charge in [0.1, 0.15) is 12.6 Å². The first-order valence-electron chi connectivity index (χ1n) is 19.5. The molecule has 5 atom stereocenters. The summed E-state index contributed by atoms with van der Waals surface area (Å²) >= 11 is 0. The normalized spacial score (nSPS) is 21.0. The number of amides is 1. The maximum Gasteiger partial charge on any atom is 0.326 e. The van der Waals surface area contributed by atoms with E-state index in [-0.39, 0.29) is 13.0 Å². The highest BCUT2D eigenvalue weighted by atomic mass is 16.6. The van der Waals surface area contributed by atoms with Crippen molar-refractivity contribution in [1.82, 2.24) is 4.90 Å². The van der Waals surface area contributed by atoms with Crippen molar-refractivity contribution < 1.29 is 52.8 Å². The summed E-state index contributed by atoms with van der Waals surface area (Å²) in [5.74, 6) is -6.04. The van der Waals surface area contributed by atoms with Crippen LogP contribution in [0.25, 0.3) is 0 Å². The van der Waals surface area contributed by atoms with E-state index < -0.39 is 72.6 Å². The number of carbonyl (C=O) groups is 6. The van der Waals surface area contributed by atoms with Gasteiger partial charge in [0.25, 0.3) is 0 Å². The van der Waals surface area contributed by atoms with Crippen molar-refractivity contribution in [1.29, 1.82) is 0 Å². The number of carbonyl (C=O) groups excluding carboxylic acids is 5.